The van der Waals surface area contributed by atoms with Gasteiger partial charge in [-0.15, -0.1) is 0 Å². The summed E-state index contributed by atoms with van der Waals surface area (Å²) in [6, 6.07) is 0. The van der Waals surface area contributed by atoms with Crippen LogP contribution in [-0.4, -0.2) is 14.7 Å². The summed E-state index contributed by atoms with van der Waals surface area (Å²) in [4.78, 5) is 18.1. The molecule has 0 atom stereocenters. The summed E-state index contributed by atoms with van der Waals surface area (Å²) in [6.07, 6.45) is 4.78. The van der Waals surface area contributed by atoms with Crippen molar-refractivity contribution in [2.75, 3.05) is 0 Å². The molecule has 2 heterocycles. The SMILES string of the molecule is O=[n+]1cncc2n([O-])cncc1-2. The van der Waals surface area contributed by atoms with Gasteiger partial charge in [-0.1, -0.05) is 9.89 Å². The standard InChI is InChI=1S/C6H4N4O2/c11-9-4-8-2-6-5(9)1-7-3-10(6)12/h1-4H. The molecule has 0 fully saturated rings. The zero-order valence-electron chi connectivity index (χ0n) is 5.91. The van der Waals surface area contributed by atoms with E-state index in [1.807, 2.05) is 0 Å². The van der Waals surface area contributed by atoms with Crippen molar-refractivity contribution in [3.8, 4) is 11.4 Å². The van der Waals surface area contributed by atoms with E-state index < -0.39 is 0 Å². The van der Waals surface area contributed by atoms with Gasteiger partial charge < -0.3 is 9.94 Å². The summed E-state index contributed by atoms with van der Waals surface area (Å²) in [5, 5.41) is 11.0. The molecule has 2 aliphatic rings. The number of fused-ring (bicyclic) bond motifs is 1. The summed E-state index contributed by atoms with van der Waals surface area (Å²) >= 11 is 0. The minimum Gasteiger partial charge on any atom is -0.804 e. The molecule has 0 aromatic heterocycles. The third kappa shape index (κ3) is 0.815. The minimum atomic E-state index is 0.211. The predicted molar refractivity (Wildman–Crippen MR) is 38.8 cm³/mol. The maximum atomic E-state index is 11.0. The van der Waals surface area contributed by atoms with Crippen molar-refractivity contribution in [1.29, 1.82) is 0 Å². The highest BCUT2D eigenvalue weighted by atomic mass is 16.5. The molecule has 12 heavy (non-hydrogen) atoms. The molecule has 2 rings (SSSR count). The second-order valence-electron chi connectivity index (χ2n) is 2.21. The van der Waals surface area contributed by atoms with Crippen molar-refractivity contribution < 1.29 is 4.43 Å². The van der Waals surface area contributed by atoms with E-state index in [0.29, 0.717) is 9.16 Å². The van der Waals surface area contributed by atoms with Gasteiger partial charge in [0.05, 0.1) is 12.5 Å². The molecule has 0 aromatic rings. The molecule has 0 N–H and O–H groups in total. The van der Waals surface area contributed by atoms with E-state index in [2.05, 4.69) is 9.97 Å². The molecule has 0 saturated carbocycles. The Labute approximate surface area is 66.7 Å². The topological polar surface area (TPSA) is 76.7 Å². The first-order chi connectivity index (χ1) is 5.79. The van der Waals surface area contributed by atoms with Crippen LogP contribution in [0.5, 0.6) is 0 Å². The summed E-state index contributed by atoms with van der Waals surface area (Å²) < 4.78 is 0.994. The van der Waals surface area contributed by atoms with Crippen LogP contribution >= 0.6 is 0 Å². The quantitative estimate of drug-likeness (QED) is 0.498. The van der Waals surface area contributed by atoms with E-state index in [0.717, 1.165) is 12.7 Å². The van der Waals surface area contributed by atoms with Gasteiger partial charge in [-0.3, -0.25) is 0 Å². The fourth-order valence-electron chi connectivity index (χ4n) is 0.925. The second-order valence-corrected chi connectivity index (χ2v) is 2.21. The largest absolute Gasteiger partial charge is 0.804 e. The van der Waals surface area contributed by atoms with Gasteiger partial charge in [-0.2, -0.15) is 0 Å². The number of nitrogens with zero attached hydrogens (tertiary/aromatic N) is 4. The van der Waals surface area contributed by atoms with E-state index in [9.17, 15) is 10.1 Å². The molecule has 0 radical (unpaired) electrons. The third-order valence-electron chi connectivity index (χ3n) is 1.47. The lowest BCUT2D eigenvalue weighted by atomic mass is 10.3. The van der Waals surface area contributed by atoms with Crippen LogP contribution in [-0.2, 0) is 0 Å². The lowest BCUT2D eigenvalue weighted by molar-refractivity contribution is -0.486. The van der Waals surface area contributed by atoms with Crippen LogP contribution < -0.4 is 4.43 Å². The van der Waals surface area contributed by atoms with Gasteiger partial charge in [0.2, 0.25) is 5.69 Å². The maximum absolute atomic E-state index is 11.0. The minimum absolute atomic E-state index is 0.211. The Morgan fingerprint density at radius 3 is 3.00 bits per heavy atom. The van der Waals surface area contributed by atoms with Crippen molar-refractivity contribution >= 4 is 0 Å². The molecule has 0 aliphatic carbocycles. The smallest absolute Gasteiger partial charge is 0.330 e. The Balaban J connectivity index is 2.91. The maximum Gasteiger partial charge on any atom is 0.330 e. The molecule has 0 unspecified atom stereocenters. The molecule has 0 saturated heterocycles. The van der Waals surface area contributed by atoms with E-state index >= 15 is 0 Å². The lowest BCUT2D eigenvalue weighted by Crippen LogP contribution is -2.21. The highest BCUT2D eigenvalue weighted by Gasteiger charge is 2.11. The van der Waals surface area contributed by atoms with E-state index in [4.69, 9.17) is 0 Å². The molecule has 6 heteroatoms. The van der Waals surface area contributed by atoms with E-state index in [1.54, 1.807) is 0 Å². The normalized spacial score (nSPS) is 10.3. The Morgan fingerprint density at radius 1 is 1.42 bits per heavy atom. The van der Waals surface area contributed by atoms with E-state index in [-0.39, 0.29) is 11.4 Å². The monoisotopic (exact) mass is 164 g/mol. The van der Waals surface area contributed by atoms with Gasteiger partial charge in [0, 0.05) is 4.43 Å². The molecular formula is C6H4N4O2. The van der Waals surface area contributed by atoms with Crippen LogP contribution in [0.4, 0.5) is 0 Å². The summed E-state index contributed by atoms with van der Waals surface area (Å²) in [5.74, 6) is 0. The molecule has 0 bridgehead atoms. The first-order valence-electron chi connectivity index (χ1n) is 3.19. The Morgan fingerprint density at radius 2 is 2.25 bits per heavy atom. The van der Waals surface area contributed by atoms with E-state index in [1.165, 1.54) is 12.4 Å². The molecule has 0 amide bonds. The molecule has 2 aliphatic heterocycles. The fraction of sp³-hybridized carbons (Fsp3) is 0. The van der Waals surface area contributed by atoms with Gasteiger partial charge >= 0.3 is 6.33 Å². The zero-order chi connectivity index (χ0) is 8.55. The molecule has 6 nitrogen and oxygen atoms in total. The first kappa shape index (κ1) is 6.71. The highest BCUT2D eigenvalue weighted by molar-refractivity contribution is 5.48. The average Bonchev–Trinajstić information content (AvgIpc) is 2.07. The van der Waals surface area contributed by atoms with Crippen molar-refractivity contribution in [1.82, 2.24) is 14.7 Å². The lowest BCUT2D eigenvalue weighted by Gasteiger charge is -2.12. The van der Waals surface area contributed by atoms with Gasteiger partial charge in [-0.25, -0.2) is 4.98 Å². The summed E-state index contributed by atoms with van der Waals surface area (Å²) in [5.41, 5.74) is 0.421. The number of hydrogen-bond acceptors (Lipinski definition) is 4. The van der Waals surface area contributed by atoms with Gasteiger partial charge in [0.15, 0.2) is 6.20 Å². The van der Waals surface area contributed by atoms with Crippen molar-refractivity contribution in [3.05, 3.63) is 35.2 Å². The molecule has 60 valence electrons. The van der Waals surface area contributed by atoms with Gasteiger partial charge in [0.1, 0.15) is 5.69 Å². The first-order valence-corrected chi connectivity index (χ1v) is 3.19. The fourth-order valence-corrected chi connectivity index (χ4v) is 0.925. The zero-order valence-corrected chi connectivity index (χ0v) is 5.91. The van der Waals surface area contributed by atoms with Crippen molar-refractivity contribution in [3.63, 3.8) is 0 Å². The third-order valence-corrected chi connectivity index (χ3v) is 1.47. The van der Waals surface area contributed by atoms with Crippen molar-refractivity contribution in [2.45, 2.75) is 0 Å². The molecular weight excluding hydrogens is 160 g/mol. The van der Waals surface area contributed by atoms with Crippen LogP contribution in [0, 0.1) is 10.1 Å². The predicted octanol–water partition coefficient (Wildman–Crippen LogP) is -0.357. The summed E-state index contributed by atoms with van der Waals surface area (Å²) in [7, 11) is 0. The van der Waals surface area contributed by atoms with Gasteiger partial charge in [-0.05, 0) is 0 Å². The Kier molecular flexibility index (Phi) is 1.26. The number of rotatable bonds is 0. The average molecular weight is 164 g/mol. The second kappa shape index (κ2) is 2.26. The number of aromatic nitrogens is 4. The Bertz CT molecular complexity index is 438. The van der Waals surface area contributed by atoms with Crippen LogP contribution in [0.2, 0.25) is 0 Å². The van der Waals surface area contributed by atoms with Gasteiger partial charge in [0.25, 0.3) is 0 Å². The van der Waals surface area contributed by atoms with Crippen LogP contribution in [0.3, 0.4) is 0 Å². The van der Waals surface area contributed by atoms with Crippen LogP contribution in [0.25, 0.3) is 11.4 Å². The van der Waals surface area contributed by atoms with Crippen LogP contribution in [0.1, 0.15) is 0 Å². The van der Waals surface area contributed by atoms with Crippen LogP contribution in [0.15, 0.2) is 25.0 Å². The Hall–Kier alpha value is -1.98. The molecule has 0 aromatic carbocycles. The van der Waals surface area contributed by atoms with Crippen molar-refractivity contribution in [2.24, 2.45) is 0 Å². The molecule has 0 spiro atoms. The highest BCUT2D eigenvalue weighted by Crippen LogP contribution is 2.10. The summed E-state index contributed by atoms with van der Waals surface area (Å²) in [6.45, 7) is 0. The number of hydrogen-bond donors (Lipinski definition) is 0.